The topological polar surface area (TPSA) is 32.7 Å². The third-order valence-electron chi connectivity index (χ3n) is 4.69. The number of aliphatic hydroxyl groups excluding tert-OH is 1. The predicted molar refractivity (Wildman–Crippen MR) is 98.9 cm³/mol. The molecule has 0 saturated carbocycles. The van der Waals surface area contributed by atoms with Crippen molar-refractivity contribution in [1.29, 1.82) is 0 Å². The first-order valence-corrected chi connectivity index (χ1v) is 8.63. The van der Waals surface area contributed by atoms with E-state index in [0.717, 1.165) is 12.3 Å². The fourth-order valence-electron chi connectivity index (χ4n) is 3.33. The molecule has 1 aliphatic rings. The Balaban J connectivity index is 0.00000264. The predicted octanol–water partition coefficient (Wildman–Crippen LogP) is 4.15. The lowest BCUT2D eigenvalue weighted by atomic mass is 9.98. The summed E-state index contributed by atoms with van der Waals surface area (Å²) in [4.78, 5) is 2.38. The first-order chi connectivity index (χ1) is 10.5. The van der Waals surface area contributed by atoms with Crippen molar-refractivity contribution in [3.8, 4) is 5.75 Å². The Hall–Kier alpha value is -0.770. The van der Waals surface area contributed by atoms with Gasteiger partial charge in [-0.15, -0.1) is 12.4 Å². The van der Waals surface area contributed by atoms with Crippen LogP contribution in [-0.2, 0) is 0 Å². The molecule has 1 aliphatic heterocycles. The van der Waals surface area contributed by atoms with Gasteiger partial charge in [-0.05, 0) is 62.4 Å². The van der Waals surface area contributed by atoms with Crippen molar-refractivity contribution in [2.75, 3.05) is 19.7 Å². The second-order valence-corrected chi connectivity index (χ2v) is 6.98. The average Bonchev–Trinajstić information content (AvgIpc) is 2.47. The van der Waals surface area contributed by atoms with Crippen molar-refractivity contribution >= 4 is 12.4 Å². The highest BCUT2D eigenvalue weighted by Crippen LogP contribution is 2.23. The Bertz CT molecular complexity index is 478. The summed E-state index contributed by atoms with van der Waals surface area (Å²) in [7, 11) is 0. The van der Waals surface area contributed by atoms with Crippen LogP contribution in [-0.4, -0.2) is 41.8 Å². The highest BCUT2D eigenvalue weighted by atomic mass is 35.5. The Morgan fingerprint density at radius 1 is 1.30 bits per heavy atom. The SMILES string of the molecule is Cc1cc(OCC(O)CN2CCCCC2C)ccc1C(C)C.Cl. The monoisotopic (exact) mass is 341 g/mol. The van der Waals surface area contributed by atoms with Gasteiger partial charge in [-0.25, -0.2) is 0 Å². The van der Waals surface area contributed by atoms with E-state index in [0.29, 0.717) is 25.1 Å². The number of ether oxygens (including phenoxy) is 1. The molecular weight excluding hydrogens is 310 g/mol. The second kappa shape index (κ2) is 9.51. The van der Waals surface area contributed by atoms with E-state index in [9.17, 15) is 5.11 Å². The molecule has 2 atom stereocenters. The van der Waals surface area contributed by atoms with Crippen LogP contribution in [0.3, 0.4) is 0 Å². The van der Waals surface area contributed by atoms with E-state index in [-0.39, 0.29) is 12.4 Å². The second-order valence-electron chi connectivity index (χ2n) is 6.98. The van der Waals surface area contributed by atoms with E-state index < -0.39 is 6.10 Å². The summed E-state index contributed by atoms with van der Waals surface area (Å²) in [6, 6.07) is 6.80. The summed E-state index contributed by atoms with van der Waals surface area (Å²) < 4.78 is 5.78. The maximum Gasteiger partial charge on any atom is 0.119 e. The first kappa shape index (κ1) is 20.3. The number of halogens is 1. The van der Waals surface area contributed by atoms with Gasteiger partial charge in [0.1, 0.15) is 18.5 Å². The van der Waals surface area contributed by atoms with Crippen LogP contribution in [0.5, 0.6) is 5.75 Å². The summed E-state index contributed by atoms with van der Waals surface area (Å²) in [6.07, 6.45) is 3.37. The Kier molecular flexibility index (Phi) is 8.38. The zero-order valence-electron chi connectivity index (χ0n) is 14.9. The fourth-order valence-corrected chi connectivity index (χ4v) is 3.33. The third-order valence-corrected chi connectivity index (χ3v) is 4.69. The molecule has 132 valence electrons. The molecule has 1 heterocycles. The van der Waals surface area contributed by atoms with Gasteiger partial charge in [0.05, 0.1) is 0 Å². The number of likely N-dealkylation sites (tertiary alicyclic amines) is 1. The summed E-state index contributed by atoms with van der Waals surface area (Å²) in [5.74, 6) is 1.38. The van der Waals surface area contributed by atoms with E-state index in [4.69, 9.17) is 4.74 Å². The molecular formula is C19H32ClNO2. The quantitative estimate of drug-likeness (QED) is 0.843. The largest absolute Gasteiger partial charge is 0.491 e. The Morgan fingerprint density at radius 2 is 2.04 bits per heavy atom. The Morgan fingerprint density at radius 3 is 2.65 bits per heavy atom. The van der Waals surface area contributed by atoms with Gasteiger partial charge in [0.25, 0.3) is 0 Å². The lowest BCUT2D eigenvalue weighted by Crippen LogP contribution is -2.43. The number of nitrogens with zero attached hydrogens (tertiary/aromatic N) is 1. The van der Waals surface area contributed by atoms with Crippen molar-refractivity contribution in [3.63, 3.8) is 0 Å². The van der Waals surface area contributed by atoms with Crippen LogP contribution in [0.15, 0.2) is 18.2 Å². The van der Waals surface area contributed by atoms with Gasteiger partial charge in [0, 0.05) is 12.6 Å². The van der Waals surface area contributed by atoms with Crippen molar-refractivity contribution in [2.45, 2.75) is 65.0 Å². The van der Waals surface area contributed by atoms with E-state index in [1.807, 2.05) is 6.07 Å². The molecule has 0 aliphatic carbocycles. The molecule has 2 rings (SSSR count). The van der Waals surface area contributed by atoms with Crippen LogP contribution in [0.25, 0.3) is 0 Å². The first-order valence-electron chi connectivity index (χ1n) is 8.63. The van der Waals surface area contributed by atoms with Gasteiger partial charge in [-0.1, -0.05) is 26.3 Å². The molecule has 23 heavy (non-hydrogen) atoms. The van der Waals surface area contributed by atoms with Gasteiger partial charge < -0.3 is 9.84 Å². The smallest absolute Gasteiger partial charge is 0.119 e. The molecule has 2 unspecified atom stereocenters. The van der Waals surface area contributed by atoms with E-state index in [2.05, 4.69) is 44.7 Å². The molecule has 1 saturated heterocycles. The third kappa shape index (κ3) is 5.98. The number of aliphatic hydroxyl groups is 1. The van der Waals surface area contributed by atoms with Crippen LogP contribution in [0.2, 0.25) is 0 Å². The molecule has 0 radical (unpaired) electrons. The minimum absolute atomic E-state index is 0. The highest BCUT2D eigenvalue weighted by Gasteiger charge is 2.21. The van der Waals surface area contributed by atoms with E-state index >= 15 is 0 Å². The number of hydrogen-bond acceptors (Lipinski definition) is 3. The number of aryl methyl sites for hydroxylation is 1. The number of benzene rings is 1. The molecule has 4 heteroatoms. The fraction of sp³-hybridized carbons (Fsp3) is 0.684. The van der Waals surface area contributed by atoms with Crippen molar-refractivity contribution in [3.05, 3.63) is 29.3 Å². The number of hydrogen-bond donors (Lipinski definition) is 1. The molecule has 0 amide bonds. The molecule has 0 bridgehead atoms. The van der Waals surface area contributed by atoms with Crippen LogP contribution in [0.1, 0.15) is 57.1 Å². The van der Waals surface area contributed by atoms with Gasteiger partial charge in [-0.2, -0.15) is 0 Å². The molecule has 0 spiro atoms. The average molecular weight is 342 g/mol. The normalized spacial score (nSPS) is 20.2. The number of β-amino-alcohol motifs (C(OH)–C–C–N with tert-alkyl or cyclic N) is 1. The highest BCUT2D eigenvalue weighted by molar-refractivity contribution is 5.85. The summed E-state index contributed by atoms with van der Waals surface area (Å²) in [5.41, 5.74) is 2.61. The zero-order chi connectivity index (χ0) is 16.1. The maximum absolute atomic E-state index is 10.2. The van der Waals surface area contributed by atoms with Gasteiger partial charge in [0.2, 0.25) is 0 Å². The zero-order valence-corrected chi connectivity index (χ0v) is 15.7. The van der Waals surface area contributed by atoms with Gasteiger partial charge >= 0.3 is 0 Å². The number of rotatable bonds is 6. The van der Waals surface area contributed by atoms with Crippen molar-refractivity contribution in [2.24, 2.45) is 0 Å². The maximum atomic E-state index is 10.2. The lowest BCUT2D eigenvalue weighted by molar-refractivity contribution is 0.0437. The summed E-state index contributed by atoms with van der Waals surface area (Å²) in [5, 5.41) is 10.2. The summed E-state index contributed by atoms with van der Waals surface area (Å²) >= 11 is 0. The molecule has 1 aromatic carbocycles. The molecule has 1 aromatic rings. The van der Waals surface area contributed by atoms with Crippen molar-refractivity contribution in [1.82, 2.24) is 4.90 Å². The van der Waals surface area contributed by atoms with Crippen LogP contribution in [0, 0.1) is 6.92 Å². The minimum atomic E-state index is -0.425. The Labute approximate surface area is 147 Å². The lowest BCUT2D eigenvalue weighted by Gasteiger charge is -2.34. The van der Waals surface area contributed by atoms with Crippen LogP contribution in [0.4, 0.5) is 0 Å². The minimum Gasteiger partial charge on any atom is -0.491 e. The molecule has 0 aromatic heterocycles. The van der Waals surface area contributed by atoms with Crippen molar-refractivity contribution < 1.29 is 9.84 Å². The van der Waals surface area contributed by atoms with Crippen LogP contribution >= 0.6 is 12.4 Å². The standard InChI is InChI=1S/C19H31NO2.ClH/c1-14(2)19-9-8-18(11-15(19)3)22-13-17(21)12-20-10-6-5-7-16(20)4;/h8-9,11,14,16-17,21H,5-7,10,12-13H2,1-4H3;1H. The van der Waals surface area contributed by atoms with Crippen LogP contribution < -0.4 is 4.74 Å². The summed E-state index contributed by atoms with van der Waals surface area (Å²) in [6.45, 7) is 10.9. The molecule has 1 N–H and O–H groups in total. The van der Waals surface area contributed by atoms with E-state index in [1.165, 1.54) is 30.4 Å². The molecule has 3 nitrogen and oxygen atoms in total. The van der Waals surface area contributed by atoms with E-state index in [1.54, 1.807) is 0 Å². The number of piperidine rings is 1. The van der Waals surface area contributed by atoms with Gasteiger partial charge in [0.15, 0.2) is 0 Å². The van der Waals surface area contributed by atoms with Gasteiger partial charge in [-0.3, -0.25) is 4.90 Å². The molecule has 1 fully saturated rings.